The van der Waals surface area contributed by atoms with Crippen LogP contribution in [-0.2, 0) is 6.42 Å². The zero-order valence-corrected chi connectivity index (χ0v) is 17.7. The second-order valence-electron chi connectivity index (χ2n) is 7.69. The Morgan fingerprint density at radius 2 is 1.90 bits per heavy atom. The molecule has 0 unspecified atom stereocenters. The largest absolute Gasteiger partial charge is 0.466 e. The Morgan fingerprint density at radius 1 is 1.17 bits per heavy atom. The minimum absolute atomic E-state index is 0.0573. The Hall–Kier alpha value is -3.22. The third-order valence-electron chi connectivity index (χ3n) is 5.51. The molecule has 7 nitrogen and oxygen atoms in total. The first-order chi connectivity index (χ1) is 14.5. The predicted molar refractivity (Wildman–Crippen MR) is 116 cm³/mol. The maximum atomic E-state index is 12.6. The molecule has 1 N–H and O–H groups in total. The predicted octanol–water partition coefficient (Wildman–Crippen LogP) is 3.71. The van der Waals surface area contributed by atoms with Crippen molar-refractivity contribution in [2.45, 2.75) is 46.1 Å². The summed E-state index contributed by atoms with van der Waals surface area (Å²) in [7, 11) is 0. The molecule has 7 heteroatoms. The van der Waals surface area contributed by atoms with Crippen LogP contribution in [0.5, 0.6) is 0 Å². The van der Waals surface area contributed by atoms with Crippen LogP contribution in [0.25, 0.3) is 11.4 Å². The first-order valence-electron chi connectivity index (χ1n) is 10.4. The van der Waals surface area contributed by atoms with Gasteiger partial charge in [-0.1, -0.05) is 6.92 Å². The summed E-state index contributed by atoms with van der Waals surface area (Å²) in [5.41, 5.74) is 2.61. The minimum atomic E-state index is -0.0573. The second kappa shape index (κ2) is 8.65. The van der Waals surface area contributed by atoms with Crippen molar-refractivity contribution in [1.82, 2.24) is 20.3 Å². The van der Waals surface area contributed by atoms with E-state index in [1.54, 1.807) is 18.5 Å². The summed E-state index contributed by atoms with van der Waals surface area (Å²) in [6, 6.07) is 7.88. The fourth-order valence-electron chi connectivity index (χ4n) is 3.83. The summed E-state index contributed by atoms with van der Waals surface area (Å²) in [6.07, 6.45) is 6.11. The highest BCUT2D eigenvalue weighted by atomic mass is 16.3. The lowest BCUT2D eigenvalue weighted by Gasteiger charge is -2.33. The number of nitrogens with zero attached hydrogens (tertiary/aromatic N) is 4. The van der Waals surface area contributed by atoms with Gasteiger partial charge in [-0.3, -0.25) is 9.78 Å². The van der Waals surface area contributed by atoms with Crippen molar-refractivity contribution in [2.24, 2.45) is 0 Å². The van der Waals surface area contributed by atoms with E-state index < -0.39 is 0 Å². The Balaban J connectivity index is 1.44. The molecule has 1 saturated heterocycles. The van der Waals surface area contributed by atoms with Crippen molar-refractivity contribution in [2.75, 3.05) is 18.0 Å². The summed E-state index contributed by atoms with van der Waals surface area (Å²) in [4.78, 5) is 28.4. The van der Waals surface area contributed by atoms with E-state index in [9.17, 15) is 4.79 Å². The molecule has 1 amide bonds. The number of furan rings is 1. The van der Waals surface area contributed by atoms with Crippen molar-refractivity contribution in [3.8, 4) is 11.4 Å². The number of anilines is 1. The van der Waals surface area contributed by atoms with Crippen LogP contribution in [0.3, 0.4) is 0 Å². The molecule has 4 rings (SSSR count). The van der Waals surface area contributed by atoms with Gasteiger partial charge in [-0.2, -0.15) is 0 Å². The standard InChI is InChI=1S/C23H27N5O2/c1-4-18-14-21(27-22(25-18)17-5-9-24-10-6-17)28-11-7-19(8-12-28)26-23(29)20-13-15(2)30-16(20)3/h5-6,9-10,13-14,19H,4,7-8,11-12H2,1-3H3,(H,26,29). The lowest BCUT2D eigenvalue weighted by molar-refractivity contribution is 0.0929. The quantitative estimate of drug-likeness (QED) is 0.697. The van der Waals surface area contributed by atoms with Gasteiger partial charge in [-0.15, -0.1) is 0 Å². The van der Waals surface area contributed by atoms with Gasteiger partial charge in [-0.05, 0) is 51.3 Å². The highest BCUT2D eigenvalue weighted by Crippen LogP contribution is 2.23. The number of carbonyl (C=O) groups excluding carboxylic acids is 1. The van der Waals surface area contributed by atoms with E-state index in [1.165, 1.54) is 0 Å². The van der Waals surface area contributed by atoms with Crippen LogP contribution in [0.1, 0.15) is 47.3 Å². The molecule has 3 aromatic rings. The summed E-state index contributed by atoms with van der Waals surface area (Å²) in [5.74, 6) is 3.04. The highest BCUT2D eigenvalue weighted by molar-refractivity contribution is 5.95. The van der Waals surface area contributed by atoms with Gasteiger partial charge in [0.05, 0.1) is 5.56 Å². The van der Waals surface area contributed by atoms with Crippen molar-refractivity contribution < 1.29 is 9.21 Å². The van der Waals surface area contributed by atoms with Crippen molar-refractivity contribution >= 4 is 11.7 Å². The number of nitrogens with one attached hydrogen (secondary N) is 1. The van der Waals surface area contributed by atoms with Crippen LogP contribution in [0.2, 0.25) is 0 Å². The lowest BCUT2D eigenvalue weighted by atomic mass is 10.0. The SMILES string of the molecule is CCc1cc(N2CCC(NC(=O)c3cc(C)oc3C)CC2)nc(-c2ccncc2)n1. The highest BCUT2D eigenvalue weighted by Gasteiger charge is 2.24. The Bertz CT molecular complexity index is 1020. The summed E-state index contributed by atoms with van der Waals surface area (Å²) >= 11 is 0. The number of aromatic nitrogens is 3. The zero-order valence-electron chi connectivity index (χ0n) is 17.7. The molecule has 0 radical (unpaired) electrons. The number of rotatable bonds is 5. The molecule has 1 fully saturated rings. The average Bonchev–Trinajstić information content (AvgIpc) is 3.12. The fraction of sp³-hybridized carbons (Fsp3) is 0.391. The molecule has 0 spiro atoms. The average molecular weight is 406 g/mol. The van der Waals surface area contributed by atoms with Crippen molar-refractivity contribution in [3.05, 3.63) is 59.4 Å². The Kier molecular flexibility index (Phi) is 5.79. The van der Waals surface area contributed by atoms with Crippen molar-refractivity contribution in [1.29, 1.82) is 0 Å². The number of pyridine rings is 1. The van der Waals surface area contributed by atoms with E-state index >= 15 is 0 Å². The molecule has 0 saturated carbocycles. The Morgan fingerprint density at radius 3 is 2.53 bits per heavy atom. The summed E-state index contributed by atoms with van der Waals surface area (Å²) in [6.45, 7) is 7.46. The molecule has 3 aromatic heterocycles. The van der Waals surface area contributed by atoms with Crippen LogP contribution in [0.15, 0.2) is 41.1 Å². The van der Waals surface area contributed by atoms with Crippen LogP contribution in [0, 0.1) is 13.8 Å². The van der Waals surface area contributed by atoms with Gasteiger partial charge in [0.15, 0.2) is 5.82 Å². The van der Waals surface area contributed by atoms with E-state index in [-0.39, 0.29) is 11.9 Å². The molecule has 1 aliphatic rings. The van der Waals surface area contributed by atoms with Crippen LogP contribution in [0.4, 0.5) is 5.82 Å². The minimum Gasteiger partial charge on any atom is -0.466 e. The topological polar surface area (TPSA) is 84.2 Å². The maximum absolute atomic E-state index is 12.6. The number of piperidine rings is 1. The van der Waals surface area contributed by atoms with Crippen LogP contribution in [-0.4, -0.2) is 40.0 Å². The van der Waals surface area contributed by atoms with E-state index in [4.69, 9.17) is 9.40 Å². The van der Waals surface area contributed by atoms with Crippen molar-refractivity contribution in [3.63, 3.8) is 0 Å². The van der Waals surface area contributed by atoms with Gasteiger partial charge in [0.1, 0.15) is 17.3 Å². The van der Waals surface area contributed by atoms with E-state index in [0.717, 1.165) is 61.0 Å². The van der Waals surface area contributed by atoms with Gasteiger partial charge >= 0.3 is 0 Å². The molecule has 0 aromatic carbocycles. The molecule has 0 bridgehead atoms. The molecule has 0 aliphatic carbocycles. The van der Waals surface area contributed by atoms with Gasteiger partial charge in [-0.25, -0.2) is 9.97 Å². The van der Waals surface area contributed by atoms with Crippen LogP contribution >= 0.6 is 0 Å². The number of hydrogen-bond acceptors (Lipinski definition) is 6. The smallest absolute Gasteiger partial charge is 0.255 e. The fourth-order valence-corrected chi connectivity index (χ4v) is 3.83. The molecule has 0 atom stereocenters. The van der Waals surface area contributed by atoms with E-state index in [2.05, 4.69) is 33.2 Å². The monoisotopic (exact) mass is 405 g/mol. The molecular weight excluding hydrogens is 378 g/mol. The number of aryl methyl sites for hydroxylation is 3. The lowest BCUT2D eigenvalue weighted by Crippen LogP contribution is -2.45. The molecule has 156 valence electrons. The summed E-state index contributed by atoms with van der Waals surface area (Å²) < 4.78 is 5.48. The van der Waals surface area contributed by atoms with Gasteiger partial charge in [0.2, 0.25) is 0 Å². The normalized spacial score (nSPS) is 14.7. The van der Waals surface area contributed by atoms with E-state index in [1.807, 2.05) is 26.0 Å². The number of hydrogen-bond donors (Lipinski definition) is 1. The van der Waals surface area contributed by atoms with Gasteiger partial charge in [0, 0.05) is 48.8 Å². The second-order valence-corrected chi connectivity index (χ2v) is 7.69. The molecule has 30 heavy (non-hydrogen) atoms. The third-order valence-corrected chi connectivity index (χ3v) is 5.51. The Labute approximate surface area is 176 Å². The van der Waals surface area contributed by atoms with Gasteiger partial charge < -0.3 is 14.6 Å². The van der Waals surface area contributed by atoms with Gasteiger partial charge in [0.25, 0.3) is 5.91 Å². The third kappa shape index (κ3) is 4.35. The molecule has 4 heterocycles. The zero-order chi connectivity index (χ0) is 21.1. The number of carbonyl (C=O) groups is 1. The summed E-state index contributed by atoms with van der Waals surface area (Å²) in [5, 5.41) is 3.16. The van der Waals surface area contributed by atoms with Crippen LogP contribution < -0.4 is 10.2 Å². The number of amides is 1. The maximum Gasteiger partial charge on any atom is 0.255 e. The molecular formula is C23H27N5O2. The molecule has 1 aliphatic heterocycles. The first-order valence-corrected chi connectivity index (χ1v) is 10.4. The van der Waals surface area contributed by atoms with E-state index in [0.29, 0.717) is 11.3 Å². The first kappa shape index (κ1) is 20.1.